The van der Waals surface area contributed by atoms with E-state index in [2.05, 4.69) is 40.1 Å². The molecule has 23 heavy (non-hydrogen) atoms. The molecular formula is C16H24N6O. The number of aromatic nitrogens is 4. The minimum Gasteiger partial charge on any atom is -0.377 e. The maximum Gasteiger partial charge on any atom is 0.152 e. The number of hydrogen-bond acceptors (Lipinski definition) is 6. The average molecular weight is 316 g/mol. The Morgan fingerprint density at radius 1 is 1.43 bits per heavy atom. The lowest BCUT2D eigenvalue weighted by molar-refractivity contribution is 0.0984. The van der Waals surface area contributed by atoms with Gasteiger partial charge in [-0.2, -0.15) is 10.2 Å². The summed E-state index contributed by atoms with van der Waals surface area (Å²) >= 11 is 0. The molecule has 1 fully saturated rings. The van der Waals surface area contributed by atoms with E-state index in [1.165, 1.54) is 0 Å². The normalized spacial score (nSPS) is 19.8. The van der Waals surface area contributed by atoms with Crippen molar-refractivity contribution in [1.82, 2.24) is 20.0 Å². The molecule has 2 N–H and O–H groups in total. The Morgan fingerprint density at radius 3 is 2.96 bits per heavy atom. The van der Waals surface area contributed by atoms with Gasteiger partial charge in [0.25, 0.3) is 0 Å². The minimum absolute atomic E-state index is 0.186. The standard InChI is InChI=1S/C16H24N6O/c1-4-22-14(5-6-18-22)13-9-15(19-20-16(13)12(3)17)21-7-8-23-10-11(21)2/h5-6,9,11-12H,4,7-8,10,17H2,1-3H3/t11-,12?/m1/s1. The molecule has 2 atom stereocenters. The molecule has 0 saturated carbocycles. The highest BCUT2D eigenvalue weighted by molar-refractivity contribution is 5.66. The van der Waals surface area contributed by atoms with Gasteiger partial charge in [-0.1, -0.05) is 0 Å². The van der Waals surface area contributed by atoms with Crippen molar-refractivity contribution in [3.8, 4) is 11.3 Å². The van der Waals surface area contributed by atoms with Gasteiger partial charge in [0.15, 0.2) is 5.82 Å². The van der Waals surface area contributed by atoms with Crippen molar-refractivity contribution < 1.29 is 4.74 Å². The van der Waals surface area contributed by atoms with E-state index in [-0.39, 0.29) is 12.1 Å². The first-order chi connectivity index (χ1) is 11.1. The molecule has 124 valence electrons. The first-order valence-corrected chi connectivity index (χ1v) is 8.11. The van der Waals surface area contributed by atoms with E-state index in [4.69, 9.17) is 10.5 Å². The lowest BCUT2D eigenvalue weighted by Crippen LogP contribution is -2.44. The summed E-state index contributed by atoms with van der Waals surface area (Å²) in [5.41, 5.74) is 8.93. The van der Waals surface area contributed by atoms with E-state index in [0.29, 0.717) is 13.2 Å². The van der Waals surface area contributed by atoms with Crippen molar-refractivity contribution in [2.75, 3.05) is 24.7 Å². The summed E-state index contributed by atoms with van der Waals surface area (Å²) in [6.07, 6.45) is 1.81. The predicted octanol–water partition coefficient (Wildman–Crippen LogP) is 1.60. The minimum atomic E-state index is -0.186. The molecule has 2 aromatic heterocycles. The van der Waals surface area contributed by atoms with E-state index in [1.807, 2.05) is 17.7 Å². The van der Waals surface area contributed by atoms with Crippen molar-refractivity contribution in [3.63, 3.8) is 0 Å². The lowest BCUT2D eigenvalue weighted by atomic mass is 10.1. The third kappa shape index (κ3) is 3.07. The molecule has 1 aliphatic rings. The highest BCUT2D eigenvalue weighted by Crippen LogP contribution is 2.29. The van der Waals surface area contributed by atoms with Crippen LogP contribution in [0.4, 0.5) is 5.82 Å². The molecule has 7 heteroatoms. The fourth-order valence-corrected chi connectivity index (χ4v) is 2.95. The Morgan fingerprint density at radius 2 is 2.26 bits per heavy atom. The zero-order valence-electron chi connectivity index (χ0n) is 13.9. The van der Waals surface area contributed by atoms with Gasteiger partial charge in [0.1, 0.15) is 0 Å². The van der Waals surface area contributed by atoms with Gasteiger partial charge in [0, 0.05) is 30.9 Å². The Hall–Kier alpha value is -1.99. The topological polar surface area (TPSA) is 82.1 Å². The fraction of sp³-hybridized carbons (Fsp3) is 0.562. The maximum absolute atomic E-state index is 6.10. The Bertz CT molecular complexity index is 668. The van der Waals surface area contributed by atoms with Crippen LogP contribution in [0.25, 0.3) is 11.3 Å². The second kappa shape index (κ2) is 6.64. The first-order valence-electron chi connectivity index (χ1n) is 8.11. The van der Waals surface area contributed by atoms with Crippen LogP contribution >= 0.6 is 0 Å². The van der Waals surface area contributed by atoms with Crippen molar-refractivity contribution in [2.24, 2.45) is 5.73 Å². The number of ether oxygens (including phenoxy) is 1. The molecule has 0 spiro atoms. The molecule has 1 saturated heterocycles. The van der Waals surface area contributed by atoms with Crippen LogP contribution in [-0.4, -0.2) is 45.8 Å². The van der Waals surface area contributed by atoms with Crippen molar-refractivity contribution >= 4 is 5.82 Å². The average Bonchev–Trinajstić information content (AvgIpc) is 3.03. The van der Waals surface area contributed by atoms with Gasteiger partial charge in [-0.15, -0.1) is 5.10 Å². The van der Waals surface area contributed by atoms with Crippen LogP contribution < -0.4 is 10.6 Å². The predicted molar refractivity (Wildman–Crippen MR) is 89.2 cm³/mol. The van der Waals surface area contributed by atoms with Crippen molar-refractivity contribution in [3.05, 3.63) is 24.0 Å². The molecule has 7 nitrogen and oxygen atoms in total. The number of hydrogen-bond donors (Lipinski definition) is 1. The van der Waals surface area contributed by atoms with E-state index in [1.54, 1.807) is 6.20 Å². The lowest BCUT2D eigenvalue weighted by Gasteiger charge is -2.34. The molecule has 0 amide bonds. The highest BCUT2D eigenvalue weighted by Gasteiger charge is 2.23. The summed E-state index contributed by atoms with van der Waals surface area (Å²) < 4.78 is 7.46. The van der Waals surface area contributed by atoms with E-state index in [9.17, 15) is 0 Å². The van der Waals surface area contributed by atoms with Crippen LogP contribution in [0.5, 0.6) is 0 Å². The summed E-state index contributed by atoms with van der Waals surface area (Å²) in [5, 5.41) is 13.2. The van der Waals surface area contributed by atoms with Gasteiger partial charge < -0.3 is 15.4 Å². The van der Waals surface area contributed by atoms with Gasteiger partial charge in [0.05, 0.1) is 30.6 Å². The summed E-state index contributed by atoms with van der Waals surface area (Å²) in [6.45, 7) is 9.17. The molecule has 1 unspecified atom stereocenters. The summed E-state index contributed by atoms with van der Waals surface area (Å²) in [7, 11) is 0. The third-order valence-corrected chi connectivity index (χ3v) is 4.19. The molecule has 0 bridgehead atoms. The van der Waals surface area contributed by atoms with Crippen molar-refractivity contribution in [2.45, 2.75) is 39.4 Å². The molecular weight excluding hydrogens is 292 g/mol. The number of aryl methyl sites for hydroxylation is 1. The van der Waals surface area contributed by atoms with Gasteiger partial charge in [-0.3, -0.25) is 4.68 Å². The molecule has 3 rings (SSSR count). The zero-order chi connectivity index (χ0) is 16.4. The van der Waals surface area contributed by atoms with Crippen LogP contribution in [-0.2, 0) is 11.3 Å². The SMILES string of the molecule is CCn1nccc1-c1cc(N2CCOC[C@H]2C)nnc1C(C)N. The number of nitrogens with zero attached hydrogens (tertiary/aromatic N) is 5. The van der Waals surface area contributed by atoms with Crippen LogP contribution in [0.15, 0.2) is 18.3 Å². The fourth-order valence-electron chi connectivity index (χ4n) is 2.95. The molecule has 2 aromatic rings. The quantitative estimate of drug-likeness (QED) is 0.922. The van der Waals surface area contributed by atoms with Gasteiger partial charge in [-0.05, 0) is 32.9 Å². The van der Waals surface area contributed by atoms with Crippen LogP contribution in [0.2, 0.25) is 0 Å². The van der Waals surface area contributed by atoms with Crippen LogP contribution in [0, 0.1) is 0 Å². The smallest absolute Gasteiger partial charge is 0.152 e. The second-order valence-electron chi connectivity index (χ2n) is 5.94. The van der Waals surface area contributed by atoms with Gasteiger partial charge in [-0.25, -0.2) is 0 Å². The monoisotopic (exact) mass is 316 g/mol. The second-order valence-corrected chi connectivity index (χ2v) is 5.94. The Labute approximate surface area is 136 Å². The van der Waals surface area contributed by atoms with Gasteiger partial charge in [0.2, 0.25) is 0 Å². The van der Waals surface area contributed by atoms with E-state index < -0.39 is 0 Å². The molecule has 3 heterocycles. The number of rotatable bonds is 4. The maximum atomic E-state index is 6.10. The van der Waals surface area contributed by atoms with E-state index >= 15 is 0 Å². The Kier molecular flexibility index (Phi) is 4.58. The number of nitrogens with two attached hydrogens (primary N) is 1. The summed E-state index contributed by atoms with van der Waals surface area (Å²) in [4.78, 5) is 2.23. The molecule has 1 aliphatic heterocycles. The molecule has 0 aromatic carbocycles. The van der Waals surface area contributed by atoms with E-state index in [0.717, 1.165) is 35.9 Å². The highest BCUT2D eigenvalue weighted by atomic mass is 16.5. The summed E-state index contributed by atoms with van der Waals surface area (Å²) in [6, 6.07) is 4.17. The summed E-state index contributed by atoms with van der Waals surface area (Å²) in [5.74, 6) is 0.865. The van der Waals surface area contributed by atoms with Crippen molar-refractivity contribution in [1.29, 1.82) is 0 Å². The number of anilines is 1. The molecule has 0 radical (unpaired) electrons. The largest absolute Gasteiger partial charge is 0.377 e. The Balaban J connectivity index is 2.06. The number of morpholine rings is 1. The molecule has 0 aliphatic carbocycles. The van der Waals surface area contributed by atoms with Gasteiger partial charge >= 0.3 is 0 Å². The first kappa shape index (κ1) is 15.9. The third-order valence-electron chi connectivity index (χ3n) is 4.19. The van der Waals surface area contributed by atoms with Crippen LogP contribution in [0.1, 0.15) is 32.5 Å². The van der Waals surface area contributed by atoms with Crippen LogP contribution in [0.3, 0.4) is 0 Å². The zero-order valence-corrected chi connectivity index (χ0v) is 13.9.